The third-order valence-corrected chi connectivity index (χ3v) is 11.2. The molecule has 0 aromatic rings. The first-order valence-corrected chi connectivity index (χ1v) is 13.6. The fourth-order valence-electron chi connectivity index (χ4n) is 4.61. The van der Waals surface area contributed by atoms with Gasteiger partial charge in [-0.15, -0.1) is 0 Å². The monoisotopic (exact) mass is 428 g/mol. The van der Waals surface area contributed by atoms with Crippen LogP contribution in [0.4, 0.5) is 0 Å². The molecule has 0 unspecified atom stereocenters. The molecule has 0 radical (unpaired) electrons. The average molecular weight is 429 g/mol. The molecular formula is C21H36O7Si. The van der Waals surface area contributed by atoms with Gasteiger partial charge >= 0.3 is 5.97 Å². The SMILES string of the molecule is CC[Si](CC)(CC)O[C@@H]([C@@H]1OC(=O)C=C1OCOC)[C@H]1COC2(CCCCC2)O1. The molecule has 1 saturated carbocycles. The van der Waals surface area contributed by atoms with Gasteiger partial charge in [0.2, 0.25) is 0 Å². The van der Waals surface area contributed by atoms with Crippen LogP contribution >= 0.6 is 0 Å². The summed E-state index contributed by atoms with van der Waals surface area (Å²) >= 11 is 0. The van der Waals surface area contributed by atoms with Gasteiger partial charge in [-0.2, -0.15) is 0 Å². The Bertz CT molecular complexity index is 575. The number of carbonyl (C=O) groups is 1. The Kier molecular flexibility index (Phi) is 7.78. The Morgan fingerprint density at radius 2 is 1.86 bits per heavy atom. The van der Waals surface area contributed by atoms with Gasteiger partial charge in [0.25, 0.3) is 0 Å². The van der Waals surface area contributed by atoms with Crippen molar-refractivity contribution in [3.63, 3.8) is 0 Å². The van der Waals surface area contributed by atoms with Crippen LogP contribution in [0.3, 0.4) is 0 Å². The van der Waals surface area contributed by atoms with Crippen molar-refractivity contribution in [2.45, 2.75) is 95.1 Å². The molecule has 1 saturated heterocycles. The molecule has 3 aliphatic rings. The normalized spacial score (nSPS) is 27.7. The fraction of sp³-hybridized carbons (Fsp3) is 0.857. The topological polar surface area (TPSA) is 72.5 Å². The predicted octanol–water partition coefficient (Wildman–Crippen LogP) is 3.88. The molecule has 7 nitrogen and oxygen atoms in total. The second-order valence-electron chi connectivity index (χ2n) is 8.22. The number of carbonyl (C=O) groups excluding carboxylic acids is 1. The Morgan fingerprint density at radius 1 is 1.17 bits per heavy atom. The quantitative estimate of drug-likeness (QED) is 0.297. The van der Waals surface area contributed by atoms with Crippen LogP contribution in [-0.2, 0) is 32.9 Å². The molecule has 2 heterocycles. The Labute approximate surface area is 175 Å². The number of hydrogen-bond acceptors (Lipinski definition) is 7. The molecule has 0 aromatic heterocycles. The minimum absolute atomic E-state index is 0.0512. The number of cyclic esters (lactones) is 1. The molecule has 8 heteroatoms. The molecule has 0 bridgehead atoms. The van der Waals surface area contributed by atoms with E-state index in [0.29, 0.717) is 12.4 Å². The van der Waals surface area contributed by atoms with E-state index < -0.39 is 32.3 Å². The van der Waals surface area contributed by atoms with Crippen molar-refractivity contribution in [2.24, 2.45) is 0 Å². The molecule has 1 spiro atoms. The smallest absolute Gasteiger partial charge is 0.335 e. The first kappa shape index (κ1) is 22.7. The van der Waals surface area contributed by atoms with Crippen molar-refractivity contribution in [1.82, 2.24) is 0 Å². The number of methoxy groups -OCH3 is 1. The summed E-state index contributed by atoms with van der Waals surface area (Å²) in [4.78, 5) is 12.1. The lowest BCUT2D eigenvalue weighted by Crippen LogP contribution is -2.51. The summed E-state index contributed by atoms with van der Waals surface area (Å²) in [6.45, 7) is 7.05. The molecule has 0 aromatic carbocycles. The van der Waals surface area contributed by atoms with Gasteiger partial charge in [-0.05, 0) is 31.0 Å². The van der Waals surface area contributed by atoms with E-state index in [1.54, 1.807) is 7.11 Å². The van der Waals surface area contributed by atoms with Crippen molar-refractivity contribution >= 4 is 14.3 Å². The second-order valence-corrected chi connectivity index (χ2v) is 12.9. The summed E-state index contributed by atoms with van der Waals surface area (Å²) in [7, 11) is -0.454. The van der Waals surface area contributed by atoms with E-state index in [-0.39, 0.29) is 12.9 Å². The molecule has 2 fully saturated rings. The van der Waals surface area contributed by atoms with Crippen LogP contribution in [-0.4, -0.2) is 58.9 Å². The van der Waals surface area contributed by atoms with Crippen molar-refractivity contribution in [3.05, 3.63) is 11.8 Å². The Morgan fingerprint density at radius 3 is 2.48 bits per heavy atom. The van der Waals surface area contributed by atoms with Crippen LogP contribution in [0.5, 0.6) is 0 Å². The molecule has 29 heavy (non-hydrogen) atoms. The lowest BCUT2D eigenvalue weighted by Gasteiger charge is -2.39. The maximum Gasteiger partial charge on any atom is 0.335 e. The summed E-state index contributed by atoms with van der Waals surface area (Å²) in [6.07, 6.45) is 5.25. The van der Waals surface area contributed by atoms with Gasteiger partial charge in [-0.3, -0.25) is 0 Å². The number of esters is 1. The zero-order chi connectivity index (χ0) is 20.9. The van der Waals surface area contributed by atoms with Crippen LogP contribution in [0.1, 0.15) is 52.9 Å². The number of hydrogen-bond donors (Lipinski definition) is 0. The Balaban J connectivity index is 1.84. The molecular weight excluding hydrogens is 392 g/mol. The van der Waals surface area contributed by atoms with E-state index >= 15 is 0 Å². The van der Waals surface area contributed by atoms with E-state index in [2.05, 4.69) is 20.8 Å². The summed E-state index contributed by atoms with van der Waals surface area (Å²) in [5.41, 5.74) is 0. The maximum atomic E-state index is 12.1. The van der Waals surface area contributed by atoms with Crippen LogP contribution in [0.15, 0.2) is 11.8 Å². The molecule has 3 atom stereocenters. The third kappa shape index (κ3) is 5.04. The predicted molar refractivity (Wildman–Crippen MR) is 110 cm³/mol. The van der Waals surface area contributed by atoms with E-state index in [1.807, 2.05) is 0 Å². The van der Waals surface area contributed by atoms with Gasteiger partial charge in [0.05, 0.1) is 12.7 Å². The minimum Gasteiger partial charge on any atom is -0.468 e. The zero-order valence-corrected chi connectivity index (χ0v) is 19.2. The van der Waals surface area contributed by atoms with E-state index in [4.69, 9.17) is 28.1 Å². The standard InChI is InChI=1S/C21H36O7Si/c1-5-29(6-2,7-3)28-20(19-16(24-15-23-4)13-18(22)26-19)17-14-25-21(27-17)11-9-8-10-12-21/h13,17,19-20H,5-12,14-15H2,1-4H3/t17-,19-,20-/m1/s1. The van der Waals surface area contributed by atoms with Crippen LogP contribution in [0, 0.1) is 0 Å². The average Bonchev–Trinajstić information content (AvgIpc) is 3.32. The zero-order valence-electron chi connectivity index (χ0n) is 18.2. The highest BCUT2D eigenvalue weighted by Gasteiger charge is 2.51. The number of ether oxygens (including phenoxy) is 5. The summed E-state index contributed by atoms with van der Waals surface area (Å²) < 4.78 is 35.9. The molecule has 0 amide bonds. The van der Waals surface area contributed by atoms with Gasteiger partial charge in [-0.25, -0.2) is 4.79 Å². The maximum absolute atomic E-state index is 12.1. The lowest BCUT2D eigenvalue weighted by atomic mass is 9.94. The second kappa shape index (κ2) is 9.92. The highest BCUT2D eigenvalue weighted by atomic mass is 28.4. The molecule has 1 aliphatic carbocycles. The summed E-state index contributed by atoms with van der Waals surface area (Å²) in [5.74, 6) is -0.488. The minimum atomic E-state index is -2.00. The van der Waals surface area contributed by atoms with E-state index in [0.717, 1.165) is 43.8 Å². The van der Waals surface area contributed by atoms with Gasteiger partial charge in [0.15, 0.2) is 27.0 Å². The van der Waals surface area contributed by atoms with Crippen molar-refractivity contribution in [2.75, 3.05) is 20.5 Å². The first-order chi connectivity index (χ1) is 14.0. The van der Waals surface area contributed by atoms with Crippen LogP contribution in [0.25, 0.3) is 0 Å². The van der Waals surface area contributed by atoms with Crippen molar-refractivity contribution < 1.29 is 32.9 Å². The van der Waals surface area contributed by atoms with Crippen molar-refractivity contribution in [1.29, 1.82) is 0 Å². The van der Waals surface area contributed by atoms with E-state index in [1.165, 1.54) is 12.5 Å². The summed E-state index contributed by atoms with van der Waals surface area (Å²) in [5, 5.41) is 0. The van der Waals surface area contributed by atoms with E-state index in [9.17, 15) is 4.79 Å². The third-order valence-electron chi connectivity index (χ3n) is 6.60. The number of rotatable bonds is 10. The van der Waals surface area contributed by atoms with Crippen LogP contribution < -0.4 is 0 Å². The molecule has 0 N–H and O–H groups in total. The van der Waals surface area contributed by atoms with Gasteiger partial charge < -0.3 is 28.1 Å². The lowest BCUT2D eigenvalue weighted by molar-refractivity contribution is -0.200. The molecule has 166 valence electrons. The highest BCUT2D eigenvalue weighted by molar-refractivity contribution is 6.73. The molecule has 3 rings (SSSR count). The largest absolute Gasteiger partial charge is 0.468 e. The Hall–Kier alpha value is -0.933. The van der Waals surface area contributed by atoms with Gasteiger partial charge in [0, 0.05) is 20.0 Å². The van der Waals surface area contributed by atoms with Crippen molar-refractivity contribution in [3.8, 4) is 0 Å². The molecule has 2 aliphatic heterocycles. The van der Waals surface area contributed by atoms with Gasteiger partial charge in [-0.1, -0.05) is 27.2 Å². The van der Waals surface area contributed by atoms with Crippen LogP contribution in [0.2, 0.25) is 18.1 Å². The summed E-state index contributed by atoms with van der Waals surface area (Å²) in [6, 6.07) is 2.98. The van der Waals surface area contributed by atoms with Gasteiger partial charge in [0.1, 0.15) is 18.0 Å². The highest BCUT2D eigenvalue weighted by Crippen LogP contribution is 2.41. The fourth-order valence-corrected chi connectivity index (χ4v) is 7.46. The first-order valence-electron chi connectivity index (χ1n) is 11.0.